The van der Waals surface area contributed by atoms with Crippen LogP contribution in [0.2, 0.25) is 0 Å². The second-order valence-electron chi connectivity index (χ2n) is 6.92. The van der Waals surface area contributed by atoms with Crippen molar-refractivity contribution in [1.82, 2.24) is 10.6 Å². The van der Waals surface area contributed by atoms with Crippen LogP contribution >= 0.6 is 0 Å². The van der Waals surface area contributed by atoms with Gasteiger partial charge in [0.1, 0.15) is 6.04 Å². The van der Waals surface area contributed by atoms with Gasteiger partial charge < -0.3 is 10.6 Å². The molecule has 2 amide bonds. The maximum Gasteiger partial charge on any atom is 0.251 e. The molecule has 1 aromatic carbocycles. The minimum absolute atomic E-state index is 0.0318. The van der Waals surface area contributed by atoms with E-state index in [0.29, 0.717) is 12.1 Å². The van der Waals surface area contributed by atoms with Crippen molar-refractivity contribution in [3.05, 3.63) is 35.4 Å². The molecule has 0 bridgehead atoms. The molecule has 0 aliphatic carbocycles. The van der Waals surface area contributed by atoms with E-state index in [1.807, 2.05) is 45.0 Å². The molecule has 0 saturated heterocycles. The summed E-state index contributed by atoms with van der Waals surface area (Å²) in [5, 5.41) is 5.58. The number of nitrogens with one attached hydrogen (secondary N) is 2. The zero-order chi connectivity index (χ0) is 16.9. The lowest BCUT2D eigenvalue weighted by Crippen LogP contribution is -2.49. The largest absolute Gasteiger partial charge is 0.355 e. The first-order valence-corrected chi connectivity index (χ1v) is 7.86. The Hall–Kier alpha value is -1.84. The van der Waals surface area contributed by atoms with Crippen LogP contribution in [-0.2, 0) is 10.2 Å². The standard InChI is InChI=1S/C18H28N2O2/c1-7-19-17(22)15(12(2)3)20-16(21)13-8-10-14(11-9-13)18(4,5)6/h8-12,15H,7H2,1-6H3,(H,19,22)(H,20,21). The highest BCUT2D eigenvalue weighted by molar-refractivity contribution is 5.97. The molecule has 0 saturated carbocycles. The van der Waals surface area contributed by atoms with Gasteiger partial charge in [0.05, 0.1) is 0 Å². The zero-order valence-corrected chi connectivity index (χ0v) is 14.5. The predicted octanol–water partition coefficient (Wildman–Crippen LogP) is 2.87. The Morgan fingerprint density at radius 3 is 2.05 bits per heavy atom. The molecule has 0 aromatic heterocycles. The van der Waals surface area contributed by atoms with Gasteiger partial charge in [-0.15, -0.1) is 0 Å². The van der Waals surface area contributed by atoms with Gasteiger partial charge in [-0.2, -0.15) is 0 Å². The average molecular weight is 304 g/mol. The van der Waals surface area contributed by atoms with E-state index in [0.717, 1.165) is 0 Å². The Morgan fingerprint density at radius 1 is 1.09 bits per heavy atom. The summed E-state index contributed by atoms with van der Waals surface area (Å²) >= 11 is 0. The van der Waals surface area contributed by atoms with Gasteiger partial charge in [0, 0.05) is 12.1 Å². The van der Waals surface area contributed by atoms with E-state index in [2.05, 4.69) is 31.4 Å². The SMILES string of the molecule is CCNC(=O)C(NC(=O)c1ccc(C(C)(C)C)cc1)C(C)C. The number of hydrogen-bond acceptors (Lipinski definition) is 2. The van der Waals surface area contributed by atoms with Crippen LogP contribution in [0.25, 0.3) is 0 Å². The third-order valence-corrected chi connectivity index (χ3v) is 3.60. The number of hydrogen-bond donors (Lipinski definition) is 2. The fraction of sp³-hybridized carbons (Fsp3) is 0.556. The minimum Gasteiger partial charge on any atom is -0.355 e. The van der Waals surface area contributed by atoms with Crippen molar-refractivity contribution < 1.29 is 9.59 Å². The molecule has 4 nitrogen and oxygen atoms in total. The highest BCUT2D eigenvalue weighted by Gasteiger charge is 2.24. The first-order valence-electron chi connectivity index (χ1n) is 7.86. The second kappa shape index (κ2) is 7.43. The van der Waals surface area contributed by atoms with Gasteiger partial charge in [0.2, 0.25) is 5.91 Å². The van der Waals surface area contributed by atoms with E-state index in [9.17, 15) is 9.59 Å². The van der Waals surface area contributed by atoms with Gasteiger partial charge in [0.25, 0.3) is 5.91 Å². The van der Waals surface area contributed by atoms with Crippen molar-refractivity contribution >= 4 is 11.8 Å². The smallest absolute Gasteiger partial charge is 0.251 e. The molecule has 22 heavy (non-hydrogen) atoms. The fourth-order valence-corrected chi connectivity index (χ4v) is 2.17. The minimum atomic E-state index is -0.519. The molecule has 1 aromatic rings. The van der Waals surface area contributed by atoms with Gasteiger partial charge in [-0.1, -0.05) is 46.8 Å². The molecule has 0 aliphatic rings. The molecule has 1 unspecified atom stereocenters. The summed E-state index contributed by atoms with van der Waals surface area (Å²) in [4.78, 5) is 24.3. The molecule has 0 fully saturated rings. The summed E-state index contributed by atoms with van der Waals surface area (Å²) < 4.78 is 0. The van der Waals surface area contributed by atoms with Crippen molar-refractivity contribution in [2.24, 2.45) is 5.92 Å². The number of amides is 2. The van der Waals surface area contributed by atoms with Crippen LogP contribution in [0.5, 0.6) is 0 Å². The number of carbonyl (C=O) groups excluding carboxylic acids is 2. The molecule has 4 heteroatoms. The van der Waals surface area contributed by atoms with Crippen LogP contribution in [0, 0.1) is 5.92 Å². The lowest BCUT2D eigenvalue weighted by molar-refractivity contribution is -0.123. The fourth-order valence-electron chi connectivity index (χ4n) is 2.17. The lowest BCUT2D eigenvalue weighted by Gasteiger charge is -2.22. The Labute approximate surface area is 133 Å². The monoisotopic (exact) mass is 304 g/mol. The molecule has 0 aliphatic heterocycles. The molecule has 0 radical (unpaired) electrons. The number of likely N-dealkylation sites (N-methyl/N-ethyl adjacent to an activating group) is 1. The van der Waals surface area contributed by atoms with Crippen LogP contribution in [-0.4, -0.2) is 24.4 Å². The van der Waals surface area contributed by atoms with Crippen molar-refractivity contribution in [3.8, 4) is 0 Å². The summed E-state index contributed by atoms with van der Waals surface area (Å²) in [6, 6.07) is 7.03. The lowest BCUT2D eigenvalue weighted by atomic mass is 9.86. The predicted molar refractivity (Wildman–Crippen MR) is 89.9 cm³/mol. The molecular weight excluding hydrogens is 276 g/mol. The highest BCUT2D eigenvalue weighted by Crippen LogP contribution is 2.22. The topological polar surface area (TPSA) is 58.2 Å². The van der Waals surface area contributed by atoms with Crippen LogP contribution in [0.3, 0.4) is 0 Å². The number of carbonyl (C=O) groups is 2. The Morgan fingerprint density at radius 2 is 1.64 bits per heavy atom. The van der Waals surface area contributed by atoms with Gasteiger partial charge >= 0.3 is 0 Å². The van der Waals surface area contributed by atoms with E-state index in [-0.39, 0.29) is 23.1 Å². The first-order chi connectivity index (χ1) is 10.2. The average Bonchev–Trinajstić information content (AvgIpc) is 2.43. The summed E-state index contributed by atoms with van der Waals surface area (Å²) in [5.74, 6) is -0.327. The van der Waals surface area contributed by atoms with E-state index in [1.165, 1.54) is 5.56 Å². The van der Waals surface area contributed by atoms with Crippen molar-refractivity contribution in [3.63, 3.8) is 0 Å². The van der Waals surface area contributed by atoms with Crippen molar-refractivity contribution in [2.45, 2.75) is 53.0 Å². The quantitative estimate of drug-likeness (QED) is 0.879. The first kappa shape index (κ1) is 18.2. The van der Waals surface area contributed by atoms with Gasteiger partial charge in [-0.3, -0.25) is 9.59 Å². The molecule has 0 spiro atoms. The second-order valence-corrected chi connectivity index (χ2v) is 6.92. The molecule has 2 N–H and O–H groups in total. The van der Waals surface area contributed by atoms with Gasteiger partial charge in [-0.25, -0.2) is 0 Å². The van der Waals surface area contributed by atoms with E-state index in [1.54, 1.807) is 0 Å². The molecule has 122 valence electrons. The summed E-state index contributed by atoms with van der Waals surface area (Å²) in [7, 11) is 0. The van der Waals surface area contributed by atoms with Crippen LogP contribution in [0.15, 0.2) is 24.3 Å². The third-order valence-electron chi connectivity index (χ3n) is 3.60. The van der Waals surface area contributed by atoms with E-state index >= 15 is 0 Å². The molecule has 1 atom stereocenters. The number of benzene rings is 1. The Kier molecular flexibility index (Phi) is 6.15. The van der Waals surface area contributed by atoms with Crippen LogP contribution in [0.1, 0.15) is 57.5 Å². The number of rotatable bonds is 5. The maximum atomic E-state index is 12.3. The Bertz CT molecular complexity index is 513. The molecular formula is C18H28N2O2. The third kappa shape index (κ3) is 4.86. The van der Waals surface area contributed by atoms with Gasteiger partial charge in [-0.05, 0) is 36.0 Å². The van der Waals surface area contributed by atoms with Crippen LogP contribution < -0.4 is 10.6 Å². The van der Waals surface area contributed by atoms with E-state index < -0.39 is 6.04 Å². The van der Waals surface area contributed by atoms with Gasteiger partial charge in [0.15, 0.2) is 0 Å². The summed E-state index contributed by atoms with van der Waals surface area (Å²) in [6.07, 6.45) is 0. The zero-order valence-electron chi connectivity index (χ0n) is 14.5. The highest BCUT2D eigenvalue weighted by atomic mass is 16.2. The maximum absolute atomic E-state index is 12.3. The molecule has 1 rings (SSSR count). The Balaban J connectivity index is 2.84. The molecule has 0 heterocycles. The van der Waals surface area contributed by atoms with Crippen LogP contribution in [0.4, 0.5) is 0 Å². The van der Waals surface area contributed by atoms with Crippen molar-refractivity contribution in [2.75, 3.05) is 6.54 Å². The normalized spacial score (nSPS) is 12.9. The summed E-state index contributed by atoms with van der Waals surface area (Å²) in [6.45, 7) is 12.6. The summed E-state index contributed by atoms with van der Waals surface area (Å²) in [5.41, 5.74) is 1.80. The van der Waals surface area contributed by atoms with E-state index in [4.69, 9.17) is 0 Å². The van der Waals surface area contributed by atoms with Crippen molar-refractivity contribution in [1.29, 1.82) is 0 Å².